The van der Waals surface area contributed by atoms with E-state index in [1.165, 1.54) is 40.7 Å². The summed E-state index contributed by atoms with van der Waals surface area (Å²) in [4.78, 5) is 16.0. The molecule has 5 rings (SSSR count). The average Bonchev–Trinajstić information content (AvgIpc) is 3.35. The molecule has 30 heavy (non-hydrogen) atoms. The minimum absolute atomic E-state index is 0.196. The summed E-state index contributed by atoms with van der Waals surface area (Å²) < 4.78 is 6.67. The van der Waals surface area contributed by atoms with Crippen molar-refractivity contribution in [2.24, 2.45) is 0 Å². The molecule has 2 aromatic rings. The molecule has 3 aliphatic heterocycles. The molecule has 1 saturated heterocycles. The van der Waals surface area contributed by atoms with E-state index in [9.17, 15) is 4.79 Å². The number of nitrogens with zero attached hydrogens (tertiary/aromatic N) is 2. The second-order valence-electron chi connectivity index (χ2n) is 9.62. The first-order chi connectivity index (χ1) is 14.5. The Kier molecular flexibility index (Phi) is 4.85. The van der Waals surface area contributed by atoms with Gasteiger partial charge < -0.3 is 9.64 Å². The van der Waals surface area contributed by atoms with Crippen LogP contribution in [0.2, 0.25) is 0 Å². The van der Waals surface area contributed by atoms with Gasteiger partial charge >= 0.3 is 0 Å². The molecule has 1 unspecified atom stereocenters. The third-order valence-corrected chi connectivity index (χ3v) is 7.49. The van der Waals surface area contributed by atoms with E-state index in [4.69, 9.17) is 4.74 Å². The van der Waals surface area contributed by atoms with Crippen LogP contribution in [0.25, 0.3) is 0 Å². The molecule has 3 aliphatic rings. The highest BCUT2D eigenvalue weighted by atomic mass is 16.5. The number of amides is 1. The summed E-state index contributed by atoms with van der Waals surface area (Å²) in [5, 5.41) is 0. The Morgan fingerprint density at radius 3 is 2.50 bits per heavy atom. The van der Waals surface area contributed by atoms with Crippen LogP contribution in [0.5, 0.6) is 5.75 Å². The van der Waals surface area contributed by atoms with Gasteiger partial charge in [-0.2, -0.15) is 0 Å². The van der Waals surface area contributed by atoms with Crippen molar-refractivity contribution in [2.75, 3.05) is 31.1 Å². The summed E-state index contributed by atoms with van der Waals surface area (Å²) >= 11 is 0. The summed E-state index contributed by atoms with van der Waals surface area (Å²) in [7, 11) is 0. The largest absolute Gasteiger partial charge is 0.485 e. The van der Waals surface area contributed by atoms with Crippen LogP contribution < -0.4 is 9.64 Å². The molecule has 0 spiro atoms. The summed E-state index contributed by atoms with van der Waals surface area (Å²) in [6.07, 6.45) is 5.27. The van der Waals surface area contributed by atoms with Crippen LogP contribution in [-0.2, 0) is 17.6 Å². The SMILES string of the molecule is Cc1c2c(c(C)c3c1OC(C)(CN1CCC(c4ccccc4)CC1)C3)N(C=O)CC2. The lowest BCUT2D eigenvalue weighted by Gasteiger charge is -2.37. The molecule has 158 valence electrons. The second-order valence-corrected chi connectivity index (χ2v) is 9.62. The van der Waals surface area contributed by atoms with Gasteiger partial charge in [0.25, 0.3) is 0 Å². The summed E-state index contributed by atoms with van der Waals surface area (Å²) in [5.41, 5.74) is 7.50. The van der Waals surface area contributed by atoms with Crippen molar-refractivity contribution in [3.63, 3.8) is 0 Å². The predicted octanol–water partition coefficient (Wildman–Crippen LogP) is 4.40. The molecule has 0 bridgehead atoms. The van der Waals surface area contributed by atoms with E-state index in [1.807, 2.05) is 4.90 Å². The van der Waals surface area contributed by atoms with Gasteiger partial charge in [-0.25, -0.2) is 0 Å². The van der Waals surface area contributed by atoms with Gasteiger partial charge in [-0.15, -0.1) is 0 Å². The first kappa shape index (κ1) is 19.6. The van der Waals surface area contributed by atoms with E-state index in [1.54, 1.807) is 0 Å². The van der Waals surface area contributed by atoms with E-state index in [2.05, 4.69) is 56.0 Å². The number of carbonyl (C=O) groups excluding carboxylic acids is 1. The zero-order valence-electron chi connectivity index (χ0n) is 18.4. The van der Waals surface area contributed by atoms with Crippen molar-refractivity contribution in [1.29, 1.82) is 0 Å². The number of benzene rings is 2. The maximum atomic E-state index is 11.5. The third-order valence-electron chi connectivity index (χ3n) is 7.49. The Balaban J connectivity index is 1.30. The standard InChI is InChI=1S/C26H32N2O2/c1-18-23-15-26(3,30-25(23)19(2)22-11-14-28(17-29)24(18)22)16-27-12-9-21(10-13-27)20-7-5-4-6-8-20/h4-8,17,21H,9-16H2,1-3H3. The molecule has 1 fully saturated rings. The van der Waals surface area contributed by atoms with E-state index in [0.29, 0.717) is 5.92 Å². The van der Waals surface area contributed by atoms with E-state index >= 15 is 0 Å². The Labute approximate surface area is 179 Å². The average molecular weight is 405 g/mol. The van der Waals surface area contributed by atoms with Crippen LogP contribution in [0.3, 0.4) is 0 Å². The van der Waals surface area contributed by atoms with Gasteiger partial charge in [0.05, 0.1) is 5.69 Å². The molecular formula is C26H32N2O2. The summed E-state index contributed by atoms with van der Waals surface area (Å²) in [6.45, 7) is 10.6. The number of likely N-dealkylation sites (tertiary alicyclic amines) is 1. The van der Waals surface area contributed by atoms with Crippen molar-refractivity contribution in [2.45, 2.75) is 58.0 Å². The highest BCUT2D eigenvalue weighted by Gasteiger charge is 2.41. The highest BCUT2D eigenvalue weighted by molar-refractivity contribution is 5.84. The first-order valence-electron chi connectivity index (χ1n) is 11.3. The molecule has 2 aromatic carbocycles. The minimum atomic E-state index is -0.196. The maximum absolute atomic E-state index is 11.5. The van der Waals surface area contributed by atoms with E-state index in [0.717, 1.165) is 56.9 Å². The summed E-state index contributed by atoms with van der Waals surface area (Å²) in [5.74, 6) is 1.76. The number of fused-ring (bicyclic) bond motifs is 2. The Hall–Kier alpha value is -2.33. The molecule has 4 heteroatoms. The first-order valence-corrected chi connectivity index (χ1v) is 11.3. The molecule has 0 radical (unpaired) electrons. The predicted molar refractivity (Wildman–Crippen MR) is 121 cm³/mol. The fraction of sp³-hybridized carbons (Fsp3) is 0.500. The van der Waals surface area contributed by atoms with Crippen LogP contribution in [0.4, 0.5) is 5.69 Å². The molecule has 3 heterocycles. The summed E-state index contributed by atoms with van der Waals surface area (Å²) in [6, 6.07) is 10.9. The van der Waals surface area contributed by atoms with Crippen LogP contribution in [-0.4, -0.2) is 43.1 Å². The third kappa shape index (κ3) is 3.22. The zero-order valence-corrected chi connectivity index (χ0v) is 18.4. The van der Waals surface area contributed by atoms with Gasteiger partial charge in [-0.3, -0.25) is 9.69 Å². The van der Waals surface area contributed by atoms with Crippen molar-refractivity contribution >= 4 is 12.1 Å². The monoisotopic (exact) mass is 404 g/mol. The molecule has 0 saturated carbocycles. The van der Waals surface area contributed by atoms with Gasteiger partial charge in [0.15, 0.2) is 0 Å². The van der Waals surface area contributed by atoms with Gasteiger partial charge in [0.1, 0.15) is 11.4 Å². The molecule has 0 aliphatic carbocycles. The van der Waals surface area contributed by atoms with Gasteiger partial charge in [0, 0.05) is 25.1 Å². The fourth-order valence-electron chi connectivity index (χ4n) is 5.94. The van der Waals surface area contributed by atoms with Crippen molar-refractivity contribution in [1.82, 2.24) is 4.90 Å². The second kappa shape index (κ2) is 7.42. The lowest BCUT2D eigenvalue weighted by Crippen LogP contribution is -2.47. The van der Waals surface area contributed by atoms with Crippen molar-refractivity contribution < 1.29 is 9.53 Å². The van der Waals surface area contributed by atoms with Crippen LogP contribution in [0.1, 0.15) is 53.5 Å². The molecule has 1 atom stereocenters. The van der Waals surface area contributed by atoms with Gasteiger partial charge in [0.2, 0.25) is 6.41 Å². The van der Waals surface area contributed by atoms with Crippen LogP contribution in [0, 0.1) is 13.8 Å². The van der Waals surface area contributed by atoms with Gasteiger partial charge in [-0.05, 0) is 81.3 Å². The Morgan fingerprint density at radius 2 is 1.80 bits per heavy atom. The van der Waals surface area contributed by atoms with Gasteiger partial charge in [-0.1, -0.05) is 30.3 Å². The normalized spacial score (nSPS) is 23.9. The zero-order chi connectivity index (χ0) is 20.9. The van der Waals surface area contributed by atoms with Crippen molar-refractivity contribution in [3.8, 4) is 5.75 Å². The number of piperidine rings is 1. The number of hydrogen-bond acceptors (Lipinski definition) is 3. The number of carbonyl (C=O) groups is 1. The van der Waals surface area contributed by atoms with Crippen molar-refractivity contribution in [3.05, 3.63) is 58.1 Å². The lowest BCUT2D eigenvalue weighted by atomic mass is 9.88. The van der Waals surface area contributed by atoms with Crippen LogP contribution in [0.15, 0.2) is 30.3 Å². The quantitative estimate of drug-likeness (QED) is 0.709. The number of hydrogen-bond donors (Lipinski definition) is 0. The maximum Gasteiger partial charge on any atom is 0.214 e. The highest BCUT2D eigenvalue weighted by Crippen LogP contribution is 2.47. The molecule has 1 amide bonds. The lowest BCUT2D eigenvalue weighted by molar-refractivity contribution is -0.107. The fourth-order valence-corrected chi connectivity index (χ4v) is 5.94. The Morgan fingerprint density at radius 1 is 1.07 bits per heavy atom. The Bertz CT molecular complexity index is 963. The van der Waals surface area contributed by atoms with E-state index < -0.39 is 0 Å². The van der Waals surface area contributed by atoms with Crippen LogP contribution >= 0.6 is 0 Å². The molecule has 0 N–H and O–H groups in total. The molecule has 0 aromatic heterocycles. The minimum Gasteiger partial charge on any atom is -0.485 e. The number of anilines is 1. The molecular weight excluding hydrogens is 372 g/mol. The van der Waals surface area contributed by atoms with E-state index in [-0.39, 0.29) is 5.60 Å². The number of ether oxygens (including phenoxy) is 1. The topological polar surface area (TPSA) is 32.8 Å². The molecule has 4 nitrogen and oxygen atoms in total. The number of rotatable bonds is 4. The smallest absolute Gasteiger partial charge is 0.214 e.